The third kappa shape index (κ3) is 3.89. The van der Waals surface area contributed by atoms with Crippen molar-refractivity contribution >= 4 is 59.8 Å². The van der Waals surface area contributed by atoms with Gasteiger partial charge >= 0.3 is 0 Å². The minimum absolute atomic E-state index is 0.157. The van der Waals surface area contributed by atoms with Gasteiger partial charge in [0.05, 0.1) is 0 Å². The molecule has 238 valence electrons. The van der Waals surface area contributed by atoms with Crippen LogP contribution in [0.1, 0.15) is 30.5 Å². The summed E-state index contributed by atoms with van der Waals surface area (Å²) in [4.78, 5) is 0. The van der Waals surface area contributed by atoms with Gasteiger partial charge in [-0.15, -0.1) is 6.58 Å². The molecular formula is C49H36O. The number of hydrogen-bond donors (Lipinski definition) is 0. The van der Waals surface area contributed by atoms with E-state index in [0.29, 0.717) is 0 Å². The van der Waals surface area contributed by atoms with Crippen LogP contribution in [0.5, 0.6) is 0 Å². The molecule has 0 amide bonds. The first-order valence-electron chi connectivity index (χ1n) is 17.6. The van der Waals surface area contributed by atoms with Crippen LogP contribution in [0.2, 0.25) is 0 Å². The fourth-order valence-corrected chi connectivity index (χ4v) is 9.28. The molecule has 2 aliphatic carbocycles. The van der Waals surface area contributed by atoms with Crippen molar-refractivity contribution in [3.05, 3.63) is 175 Å². The molecule has 7 aromatic carbocycles. The van der Waals surface area contributed by atoms with Gasteiger partial charge in [-0.1, -0.05) is 148 Å². The summed E-state index contributed by atoms with van der Waals surface area (Å²) < 4.78 is 6.28. The highest BCUT2D eigenvalue weighted by Gasteiger charge is 2.37. The molecule has 2 aliphatic rings. The van der Waals surface area contributed by atoms with Crippen LogP contribution in [0.3, 0.4) is 0 Å². The lowest BCUT2D eigenvalue weighted by molar-refractivity contribution is 0.665. The molecule has 0 saturated heterocycles. The van der Waals surface area contributed by atoms with Crippen molar-refractivity contribution in [2.24, 2.45) is 11.8 Å². The maximum absolute atomic E-state index is 6.28. The molecule has 8 aromatic rings. The number of fused-ring (bicyclic) bond motifs is 11. The standard InChI is InChI=1S/C49H36O/c1-5-30-14-6-7-15-32(30)29(2)45-33-16-8-10-18-35(33)46(36-19-11-9-17-34(36)45)31-22-26-42-41(28-31)39-24-23-37-38(48(39)49(42,3)4)25-27-44-47(37)40-20-12-13-21-43(40)50-44/h5-28,30,32H,1-2H2,3-4H3. The molecule has 1 heteroatoms. The van der Waals surface area contributed by atoms with E-state index in [0.717, 1.165) is 16.7 Å². The van der Waals surface area contributed by atoms with E-state index in [1.54, 1.807) is 0 Å². The van der Waals surface area contributed by atoms with Crippen LogP contribution in [0.4, 0.5) is 0 Å². The number of rotatable bonds is 4. The van der Waals surface area contributed by atoms with Gasteiger partial charge in [0.1, 0.15) is 11.2 Å². The van der Waals surface area contributed by atoms with Crippen LogP contribution in [0, 0.1) is 11.8 Å². The molecule has 2 atom stereocenters. The Bertz CT molecular complexity index is 2780. The van der Waals surface area contributed by atoms with Gasteiger partial charge in [0.2, 0.25) is 0 Å². The normalized spacial score (nSPS) is 17.6. The molecule has 1 aromatic heterocycles. The molecule has 0 N–H and O–H groups in total. The van der Waals surface area contributed by atoms with Crippen molar-refractivity contribution in [1.82, 2.24) is 0 Å². The highest BCUT2D eigenvalue weighted by atomic mass is 16.3. The summed E-state index contributed by atoms with van der Waals surface area (Å²) in [6.45, 7) is 13.7. The Hall–Kier alpha value is -5.92. The van der Waals surface area contributed by atoms with Crippen molar-refractivity contribution in [2.45, 2.75) is 19.3 Å². The Kier molecular flexibility index (Phi) is 6.12. The molecule has 1 heterocycles. The molecule has 0 fully saturated rings. The predicted octanol–water partition coefficient (Wildman–Crippen LogP) is 13.6. The third-order valence-electron chi connectivity index (χ3n) is 11.5. The largest absolute Gasteiger partial charge is 0.456 e. The first kappa shape index (κ1) is 29.0. The second-order valence-corrected chi connectivity index (χ2v) is 14.5. The fourth-order valence-electron chi connectivity index (χ4n) is 9.28. The predicted molar refractivity (Wildman–Crippen MR) is 214 cm³/mol. The lowest BCUT2D eigenvalue weighted by Crippen LogP contribution is -2.15. The lowest BCUT2D eigenvalue weighted by atomic mass is 9.77. The van der Waals surface area contributed by atoms with Gasteiger partial charge in [-0.25, -0.2) is 0 Å². The van der Waals surface area contributed by atoms with Crippen LogP contribution >= 0.6 is 0 Å². The van der Waals surface area contributed by atoms with Crippen LogP contribution in [0.15, 0.2) is 163 Å². The van der Waals surface area contributed by atoms with Crippen molar-refractivity contribution in [1.29, 1.82) is 0 Å². The van der Waals surface area contributed by atoms with E-state index >= 15 is 0 Å². The zero-order valence-electron chi connectivity index (χ0n) is 28.3. The van der Waals surface area contributed by atoms with Crippen molar-refractivity contribution in [2.75, 3.05) is 0 Å². The molecule has 0 radical (unpaired) electrons. The molecule has 0 spiro atoms. The van der Waals surface area contributed by atoms with Gasteiger partial charge in [0.15, 0.2) is 0 Å². The molecular weight excluding hydrogens is 605 g/mol. The summed E-state index contributed by atoms with van der Waals surface area (Å²) >= 11 is 0. The summed E-state index contributed by atoms with van der Waals surface area (Å²) in [5.41, 5.74) is 12.0. The zero-order chi connectivity index (χ0) is 33.7. The number of allylic oxidation sites excluding steroid dienone is 6. The van der Waals surface area contributed by atoms with Crippen molar-refractivity contribution < 1.29 is 4.42 Å². The highest BCUT2D eigenvalue weighted by molar-refractivity contribution is 6.21. The van der Waals surface area contributed by atoms with Crippen LogP contribution in [-0.4, -0.2) is 0 Å². The van der Waals surface area contributed by atoms with E-state index in [1.165, 1.54) is 82.0 Å². The minimum Gasteiger partial charge on any atom is -0.456 e. The smallest absolute Gasteiger partial charge is 0.136 e. The molecule has 1 nitrogen and oxygen atoms in total. The summed E-state index contributed by atoms with van der Waals surface area (Å²) in [5.74, 6) is 0.370. The number of furan rings is 1. The molecule has 0 bridgehead atoms. The quantitative estimate of drug-likeness (QED) is 0.138. The van der Waals surface area contributed by atoms with E-state index in [9.17, 15) is 0 Å². The summed E-state index contributed by atoms with van der Waals surface area (Å²) in [6, 6.07) is 42.4. The van der Waals surface area contributed by atoms with Gasteiger partial charge in [-0.3, -0.25) is 0 Å². The minimum atomic E-state index is -0.161. The Morgan fingerprint density at radius 2 is 1.30 bits per heavy atom. The second kappa shape index (κ2) is 10.5. The van der Waals surface area contributed by atoms with Crippen molar-refractivity contribution in [3.63, 3.8) is 0 Å². The SMILES string of the molecule is C=CC1C=CC=CC1C(=C)c1c2ccccc2c(-c2ccc3c(c2)-c2ccc4c(ccc5oc6ccccc6c54)c2C3(C)C)c2ccccc12. The lowest BCUT2D eigenvalue weighted by Gasteiger charge is -2.27. The zero-order valence-corrected chi connectivity index (χ0v) is 28.3. The molecule has 0 aliphatic heterocycles. The average Bonchev–Trinajstić information content (AvgIpc) is 3.65. The average molecular weight is 641 g/mol. The Balaban J connectivity index is 1.21. The molecule has 2 unspecified atom stereocenters. The molecule has 0 saturated carbocycles. The summed E-state index contributed by atoms with van der Waals surface area (Å²) in [6.07, 6.45) is 10.8. The van der Waals surface area contributed by atoms with Crippen LogP contribution in [-0.2, 0) is 5.41 Å². The topological polar surface area (TPSA) is 13.1 Å². The van der Waals surface area contributed by atoms with Gasteiger partial charge in [0, 0.05) is 28.0 Å². The summed E-state index contributed by atoms with van der Waals surface area (Å²) in [5, 5.41) is 9.89. The van der Waals surface area contributed by atoms with Gasteiger partial charge in [-0.05, 0) is 95.0 Å². The maximum atomic E-state index is 6.28. The molecule has 50 heavy (non-hydrogen) atoms. The van der Waals surface area contributed by atoms with E-state index in [1.807, 2.05) is 12.1 Å². The first-order valence-corrected chi connectivity index (χ1v) is 17.6. The fraction of sp³-hybridized carbons (Fsp3) is 0.102. The third-order valence-corrected chi connectivity index (χ3v) is 11.5. The van der Waals surface area contributed by atoms with Gasteiger partial charge in [-0.2, -0.15) is 0 Å². The first-order chi connectivity index (χ1) is 24.5. The second-order valence-electron chi connectivity index (χ2n) is 14.5. The van der Waals surface area contributed by atoms with E-state index in [-0.39, 0.29) is 17.3 Å². The van der Waals surface area contributed by atoms with Crippen molar-refractivity contribution in [3.8, 4) is 22.3 Å². The van der Waals surface area contributed by atoms with Gasteiger partial charge < -0.3 is 4.42 Å². The van der Waals surface area contributed by atoms with Crippen LogP contribution in [0.25, 0.3) is 82.1 Å². The Morgan fingerprint density at radius 3 is 2.04 bits per heavy atom. The highest BCUT2D eigenvalue weighted by Crippen LogP contribution is 2.54. The van der Waals surface area contributed by atoms with E-state index in [2.05, 4.69) is 154 Å². The van der Waals surface area contributed by atoms with E-state index < -0.39 is 0 Å². The molecule has 10 rings (SSSR count). The Morgan fingerprint density at radius 1 is 0.640 bits per heavy atom. The number of hydrogen-bond acceptors (Lipinski definition) is 1. The summed E-state index contributed by atoms with van der Waals surface area (Å²) in [7, 11) is 0. The maximum Gasteiger partial charge on any atom is 0.136 e. The van der Waals surface area contributed by atoms with Gasteiger partial charge in [0.25, 0.3) is 0 Å². The number of benzene rings is 7. The van der Waals surface area contributed by atoms with Crippen LogP contribution < -0.4 is 0 Å². The Labute approximate surface area is 292 Å². The monoisotopic (exact) mass is 640 g/mol. The van der Waals surface area contributed by atoms with E-state index in [4.69, 9.17) is 11.0 Å². The number of para-hydroxylation sites is 1.